The Morgan fingerprint density at radius 2 is 2.27 bits per heavy atom. The monoisotopic (exact) mass is 310 g/mol. The smallest absolute Gasteiger partial charge is 0.278 e. The van der Waals surface area contributed by atoms with E-state index >= 15 is 0 Å². The van der Waals surface area contributed by atoms with E-state index in [-0.39, 0.29) is 11.6 Å². The lowest BCUT2D eigenvalue weighted by atomic mass is 10.2. The number of thiophene rings is 1. The normalized spacial score (nSPS) is 10.9. The van der Waals surface area contributed by atoms with E-state index in [0.29, 0.717) is 11.4 Å². The summed E-state index contributed by atoms with van der Waals surface area (Å²) in [7, 11) is 0. The SMILES string of the molecule is O=C(Nc1ccc2cn[nH]c2c1)c1ncoc1-c1cccs1. The highest BCUT2D eigenvalue weighted by molar-refractivity contribution is 7.13. The number of aromatic nitrogens is 3. The molecule has 4 aromatic rings. The first-order valence-electron chi connectivity index (χ1n) is 6.53. The number of hydrogen-bond acceptors (Lipinski definition) is 5. The molecule has 3 aromatic heterocycles. The fraction of sp³-hybridized carbons (Fsp3) is 0. The molecular weight excluding hydrogens is 300 g/mol. The fourth-order valence-electron chi connectivity index (χ4n) is 2.20. The molecular formula is C15H10N4O2S. The summed E-state index contributed by atoms with van der Waals surface area (Å²) >= 11 is 1.49. The lowest BCUT2D eigenvalue weighted by molar-refractivity contribution is 0.102. The number of H-pyrrole nitrogens is 1. The number of amides is 1. The highest BCUT2D eigenvalue weighted by Crippen LogP contribution is 2.28. The Morgan fingerprint density at radius 1 is 1.32 bits per heavy atom. The van der Waals surface area contributed by atoms with Gasteiger partial charge in [0.2, 0.25) is 0 Å². The second-order valence-electron chi connectivity index (χ2n) is 4.63. The van der Waals surface area contributed by atoms with Crippen LogP contribution in [0.2, 0.25) is 0 Å². The lowest BCUT2D eigenvalue weighted by Gasteiger charge is -2.04. The number of hydrogen-bond donors (Lipinski definition) is 2. The zero-order chi connectivity index (χ0) is 14.9. The van der Waals surface area contributed by atoms with Crippen LogP contribution in [-0.2, 0) is 0 Å². The van der Waals surface area contributed by atoms with E-state index in [9.17, 15) is 4.79 Å². The summed E-state index contributed by atoms with van der Waals surface area (Å²) in [5, 5.41) is 12.6. The van der Waals surface area contributed by atoms with Gasteiger partial charge in [0.1, 0.15) is 0 Å². The van der Waals surface area contributed by atoms with Crippen molar-refractivity contribution in [3.8, 4) is 10.6 Å². The van der Waals surface area contributed by atoms with Gasteiger partial charge in [-0.25, -0.2) is 4.98 Å². The van der Waals surface area contributed by atoms with Crippen molar-refractivity contribution >= 4 is 33.8 Å². The van der Waals surface area contributed by atoms with Crippen LogP contribution in [0.1, 0.15) is 10.5 Å². The number of carbonyl (C=O) groups is 1. The highest BCUT2D eigenvalue weighted by Gasteiger charge is 2.19. The van der Waals surface area contributed by atoms with Crippen LogP contribution in [0.25, 0.3) is 21.5 Å². The first kappa shape index (κ1) is 12.8. The van der Waals surface area contributed by atoms with Crippen LogP contribution < -0.4 is 5.32 Å². The van der Waals surface area contributed by atoms with Crippen molar-refractivity contribution in [2.45, 2.75) is 0 Å². The molecule has 0 radical (unpaired) electrons. The highest BCUT2D eigenvalue weighted by atomic mass is 32.1. The van der Waals surface area contributed by atoms with E-state index in [0.717, 1.165) is 15.8 Å². The third-order valence-electron chi connectivity index (χ3n) is 3.23. The average Bonchev–Trinajstić information content (AvgIpc) is 3.26. The molecule has 108 valence electrons. The van der Waals surface area contributed by atoms with E-state index in [1.54, 1.807) is 6.20 Å². The summed E-state index contributed by atoms with van der Waals surface area (Å²) in [5.74, 6) is 0.172. The summed E-state index contributed by atoms with van der Waals surface area (Å²) in [6.07, 6.45) is 3.01. The molecule has 3 heterocycles. The molecule has 0 atom stereocenters. The van der Waals surface area contributed by atoms with Gasteiger partial charge in [0.05, 0.1) is 16.6 Å². The minimum Gasteiger partial charge on any atom is -0.442 e. The summed E-state index contributed by atoms with van der Waals surface area (Å²) in [4.78, 5) is 17.3. The third kappa shape index (κ3) is 2.17. The van der Waals surface area contributed by atoms with Crippen molar-refractivity contribution in [2.24, 2.45) is 0 Å². The van der Waals surface area contributed by atoms with Gasteiger partial charge < -0.3 is 9.73 Å². The van der Waals surface area contributed by atoms with E-state index < -0.39 is 0 Å². The van der Waals surface area contributed by atoms with Crippen LogP contribution in [0.5, 0.6) is 0 Å². The Kier molecular flexibility index (Phi) is 2.97. The first-order chi connectivity index (χ1) is 10.8. The topological polar surface area (TPSA) is 83.8 Å². The molecule has 0 spiro atoms. The predicted molar refractivity (Wildman–Crippen MR) is 83.9 cm³/mol. The summed E-state index contributed by atoms with van der Waals surface area (Å²) in [6, 6.07) is 9.32. The van der Waals surface area contributed by atoms with Gasteiger partial charge in [-0.05, 0) is 29.6 Å². The largest absolute Gasteiger partial charge is 0.442 e. The van der Waals surface area contributed by atoms with E-state index in [1.165, 1.54) is 17.7 Å². The number of oxazole rings is 1. The number of carbonyl (C=O) groups excluding carboxylic acids is 1. The van der Waals surface area contributed by atoms with Crippen LogP contribution in [0.4, 0.5) is 5.69 Å². The third-order valence-corrected chi connectivity index (χ3v) is 4.10. The number of rotatable bonds is 3. The first-order valence-corrected chi connectivity index (χ1v) is 7.41. The van der Waals surface area contributed by atoms with Crippen LogP contribution in [0.3, 0.4) is 0 Å². The Balaban J connectivity index is 1.64. The number of nitrogens with zero attached hydrogens (tertiary/aromatic N) is 2. The molecule has 7 heteroatoms. The van der Waals surface area contributed by atoms with Gasteiger partial charge in [-0.2, -0.15) is 5.10 Å². The molecule has 1 aromatic carbocycles. The zero-order valence-corrected chi connectivity index (χ0v) is 12.1. The van der Waals surface area contributed by atoms with Gasteiger partial charge in [-0.3, -0.25) is 9.89 Å². The van der Waals surface area contributed by atoms with E-state index in [2.05, 4.69) is 20.5 Å². The van der Waals surface area contributed by atoms with Gasteiger partial charge in [0.25, 0.3) is 5.91 Å². The number of benzene rings is 1. The quantitative estimate of drug-likeness (QED) is 0.606. The summed E-state index contributed by atoms with van der Waals surface area (Å²) in [6.45, 7) is 0. The summed E-state index contributed by atoms with van der Waals surface area (Å²) in [5.41, 5.74) is 1.80. The Labute approximate surface area is 128 Å². The molecule has 2 N–H and O–H groups in total. The molecule has 0 bridgehead atoms. The second kappa shape index (κ2) is 5.12. The van der Waals surface area contributed by atoms with Gasteiger partial charge >= 0.3 is 0 Å². The minimum absolute atomic E-state index is 0.271. The van der Waals surface area contributed by atoms with Crippen molar-refractivity contribution < 1.29 is 9.21 Å². The Bertz CT molecular complexity index is 939. The molecule has 6 nitrogen and oxygen atoms in total. The molecule has 0 saturated carbocycles. The maximum absolute atomic E-state index is 12.4. The Hall–Kier alpha value is -2.93. The van der Waals surface area contributed by atoms with Crippen molar-refractivity contribution in [1.29, 1.82) is 0 Å². The zero-order valence-electron chi connectivity index (χ0n) is 11.2. The maximum atomic E-state index is 12.4. The molecule has 0 aliphatic heterocycles. The second-order valence-corrected chi connectivity index (χ2v) is 5.58. The molecule has 0 aliphatic carbocycles. The number of aromatic amines is 1. The number of fused-ring (bicyclic) bond motifs is 1. The minimum atomic E-state index is -0.309. The van der Waals surface area contributed by atoms with Crippen molar-refractivity contribution in [3.63, 3.8) is 0 Å². The van der Waals surface area contributed by atoms with E-state index in [1.807, 2.05) is 35.7 Å². The predicted octanol–water partition coefficient (Wildman–Crippen LogP) is 3.53. The standard InChI is InChI=1S/C15H10N4O2S/c20-15(13-14(21-8-16-13)12-2-1-5-22-12)18-10-4-3-9-7-17-19-11(9)6-10/h1-8H,(H,17,19)(H,18,20). The van der Waals surface area contributed by atoms with Gasteiger partial charge in [0.15, 0.2) is 17.8 Å². The molecule has 22 heavy (non-hydrogen) atoms. The van der Waals surface area contributed by atoms with Crippen molar-refractivity contribution in [2.75, 3.05) is 5.32 Å². The summed E-state index contributed by atoms with van der Waals surface area (Å²) < 4.78 is 5.35. The van der Waals surface area contributed by atoms with Crippen LogP contribution in [0.15, 0.2) is 52.7 Å². The molecule has 4 rings (SSSR count). The fourth-order valence-corrected chi connectivity index (χ4v) is 2.91. The molecule has 0 unspecified atom stereocenters. The van der Waals surface area contributed by atoms with Gasteiger partial charge in [0, 0.05) is 11.1 Å². The van der Waals surface area contributed by atoms with Crippen LogP contribution in [0, 0.1) is 0 Å². The molecule has 0 saturated heterocycles. The number of nitrogens with one attached hydrogen (secondary N) is 2. The van der Waals surface area contributed by atoms with E-state index in [4.69, 9.17) is 4.42 Å². The number of anilines is 1. The average molecular weight is 310 g/mol. The van der Waals surface area contributed by atoms with Crippen molar-refractivity contribution in [3.05, 3.63) is 54.0 Å². The van der Waals surface area contributed by atoms with Gasteiger partial charge in [-0.15, -0.1) is 11.3 Å². The van der Waals surface area contributed by atoms with Gasteiger partial charge in [-0.1, -0.05) is 6.07 Å². The lowest BCUT2D eigenvalue weighted by Crippen LogP contribution is -2.13. The molecule has 0 aliphatic rings. The molecule has 1 amide bonds. The van der Waals surface area contributed by atoms with Crippen LogP contribution >= 0.6 is 11.3 Å². The van der Waals surface area contributed by atoms with Crippen molar-refractivity contribution in [1.82, 2.24) is 15.2 Å². The molecule has 0 fully saturated rings. The Morgan fingerprint density at radius 3 is 3.14 bits per heavy atom. The van der Waals surface area contributed by atoms with Crippen LogP contribution in [-0.4, -0.2) is 21.1 Å². The maximum Gasteiger partial charge on any atom is 0.278 e.